The number of carbonyl (C=O) groups is 1. The van der Waals surface area contributed by atoms with Crippen molar-refractivity contribution in [2.24, 2.45) is 0 Å². The average Bonchev–Trinajstić information content (AvgIpc) is 3.03. The summed E-state index contributed by atoms with van der Waals surface area (Å²) in [6.07, 6.45) is 7.48. The summed E-state index contributed by atoms with van der Waals surface area (Å²) in [7, 11) is 0. The number of aromatic nitrogens is 2. The lowest BCUT2D eigenvalue weighted by Crippen LogP contribution is -2.42. The number of hydrogen-bond donors (Lipinski definition) is 1. The number of hydrogen-bond acceptors (Lipinski definition) is 4. The summed E-state index contributed by atoms with van der Waals surface area (Å²) < 4.78 is 2.13. The second-order valence-electron chi connectivity index (χ2n) is 6.84. The molecular weight excluding hydrogens is 320 g/mol. The second-order valence-corrected chi connectivity index (χ2v) is 8.23. The third kappa shape index (κ3) is 4.76. The second kappa shape index (κ2) is 8.90. The predicted octanol–water partition coefficient (Wildman–Crippen LogP) is 2.79. The fraction of sp³-hybridized carbons (Fsp3) is 0.778. The fourth-order valence-electron chi connectivity index (χ4n) is 3.78. The Balaban J connectivity index is 1.48. The molecule has 6 heteroatoms. The lowest BCUT2D eigenvalue weighted by atomic mass is 9.94. The highest BCUT2D eigenvalue weighted by Gasteiger charge is 2.25. The van der Waals surface area contributed by atoms with Crippen LogP contribution in [0.25, 0.3) is 0 Å². The van der Waals surface area contributed by atoms with Gasteiger partial charge in [0.2, 0.25) is 5.91 Å². The van der Waals surface area contributed by atoms with Crippen LogP contribution in [0.2, 0.25) is 0 Å². The summed E-state index contributed by atoms with van der Waals surface area (Å²) in [5.41, 5.74) is 2.30. The van der Waals surface area contributed by atoms with E-state index in [0.29, 0.717) is 13.0 Å². The Morgan fingerprint density at radius 1 is 1.33 bits per heavy atom. The molecule has 0 spiro atoms. The average molecular weight is 351 g/mol. The van der Waals surface area contributed by atoms with Crippen molar-refractivity contribution in [3.63, 3.8) is 0 Å². The Labute approximate surface area is 149 Å². The highest BCUT2D eigenvalue weighted by molar-refractivity contribution is 7.99. The van der Waals surface area contributed by atoms with E-state index in [9.17, 15) is 4.79 Å². The predicted molar refractivity (Wildman–Crippen MR) is 99.0 cm³/mol. The van der Waals surface area contributed by atoms with Crippen LogP contribution in [0.5, 0.6) is 0 Å². The molecule has 1 aliphatic heterocycles. The maximum Gasteiger partial charge on any atom is 0.221 e. The topological polar surface area (TPSA) is 50.2 Å². The van der Waals surface area contributed by atoms with Crippen molar-refractivity contribution in [3.8, 4) is 0 Å². The van der Waals surface area contributed by atoms with Gasteiger partial charge < -0.3 is 5.32 Å². The molecule has 0 saturated heterocycles. The minimum Gasteiger partial charge on any atom is -0.350 e. The first-order chi connectivity index (χ1) is 11.8. The third-order valence-electron chi connectivity index (χ3n) is 5.11. The smallest absolute Gasteiger partial charge is 0.221 e. The van der Waals surface area contributed by atoms with E-state index >= 15 is 0 Å². The summed E-state index contributed by atoms with van der Waals surface area (Å²) in [5, 5.41) is 7.67. The SMILES string of the molecule is CCSCCC(=O)NCc1cc2n(n1)CCN(C1CCCCC1)C2. The van der Waals surface area contributed by atoms with E-state index in [4.69, 9.17) is 0 Å². The summed E-state index contributed by atoms with van der Waals surface area (Å²) >= 11 is 1.81. The van der Waals surface area contributed by atoms with Crippen molar-refractivity contribution in [1.82, 2.24) is 20.0 Å². The summed E-state index contributed by atoms with van der Waals surface area (Å²) in [4.78, 5) is 14.5. The molecule has 0 atom stereocenters. The van der Waals surface area contributed by atoms with Crippen LogP contribution in [0.3, 0.4) is 0 Å². The molecule has 3 rings (SSSR count). The Kier molecular flexibility index (Phi) is 6.60. The zero-order valence-corrected chi connectivity index (χ0v) is 15.6. The Morgan fingerprint density at radius 2 is 2.17 bits per heavy atom. The molecule has 24 heavy (non-hydrogen) atoms. The zero-order chi connectivity index (χ0) is 16.8. The molecule has 1 amide bonds. The Bertz CT molecular complexity index is 539. The number of nitrogens with one attached hydrogen (secondary N) is 1. The Hall–Kier alpha value is -1.01. The summed E-state index contributed by atoms with van der Waals surface area (Å²) in [5.74, 6) is 2.10. The largest absolute Gasteiger partial charge is 0.350 e. The van der Waals surface area contributed by atoms with Crippen LogP contribution >= 0.6 is 11.8 Å². The molecule has 2 heterocycles. The van der Waals surface area contributed by atoms with Gasteiger partial charge in [-0.3, -0.25) is 14.4 Å². The molecule has 1 fully saturated rings. The van der Waals surface area contributed by atoms with Crippen molar-refractivity contribution in [2.45, 2.75) is 71.1 Å². The summed E-state index contributed by atoms with van der Waals surface area (Å²) in [6.45, 7) is 5.78. The van der Waals surface area contributed by atoms with E-state index in [2.05, 4.69) is 33.0 Å². The molecule has 1 N–H and O–H groups in total. The number of thioether (sulfide) groups is 1. The third-order valence-corrected chi connectivity index (χ3v) is 6.01. The number of rotatable bonds is 7. The minimum atomic E-state index is 0.130. The first kappa shape index (κ1) is 17.8. The first-order valence-corrected chi connectivity index (χ1v) is 10.6. The van der Waals surface area contributed by atoms with Crippen LogP contribution in [-0.4, -0.2) is 44.7 Å². The van der Waals surface area contributed by atoms with Gasteiger partial charge in [0.05, 0.1) is 24.5 Å². The molecule has 0 unspecified atom stereocenters. The molecule has 0 bridgehead atoms. The highest BCUT2D eigenvalue weighted by atomic mass is 32.2. The lowest BCUT2D eigenvalue weighted by Gasteiger charge is -2.36. The monoisotopic (exact) mass is 350 g/mol. The van der Waals surface area contributed by atoms with Gasteiger partial charge in [0.25, 0.3) is 0 Å². The van der Waals surface area contributed by atoms with Gasteiger partial charge in [-0.15, -0.1) is 0 Å². The van der Waals surface area contributed by atoms with E-state index < -0.39 is 0 Å². The molecule has 1 aromatic rings. The summed E-state index contributed by atoms with van der Waals surface area (Å²) in [6, 6.07) is 2.94. The molecule has 5 nitrogen and oxygen atoms in total. The number of nitrogens with zero attached hydrogens (tertiary/aromatic N) is 3. The van der Waals surface area contributed by atoms with E-state index in [-0.39, 0.29) is 5.91 Å². The van der Waals surface area contributed by atoms with Crippen LogP contribution in [0.1, 0.15) is 56.8 Å². The van der Waals surface area contributed by atoms with Crippen LogP contribution in [0, 0.1) is 0 Å². The van der Waals surface area contributed by atoms with Crippen LogP contribution < -0.4 is 5.32 Å². The molecule has 0 aromatic carbocycles. The van der Waals surface area contributed by atoms with Crippen LogP contribution in [0.15, 0.2) is 6.07 Å². The van der Waals surface area contributed by atoms with Crippen molar-refractivity contribution in [2.75, 3.05) is 18.1 Å². The van der Waals surface area contributed by atoms with E-state index in [0.717, 1.165) is 42.9 Å². The zero-order valence-electron chi connectivity index (χ0n) is 14.8. The molecule has 1 aliphatic carbocycles. The normalized spacial score (nSPS) is 19.2. The van der Waals surface area contributed by atoms with Gasteiger partial charge in [0.1, 0.15) is 0 Å². The van der Waals surface area contributed by atoms with Crippen molar-refractivity contribution < 1.29 is 4.79 Å². The highest BCUT2D eigenvalue weighted by Crippen LogP contribution is 2.26. The quantitative estimate of drug-likeness (QED) is 0.768. The van der Waals surface area contributed by atoms with Gasteiger partial charge >= 0.3 is 0 Å². The lowest BCUT2D eigenvalue weighted by molar-refractivity contribution is -0.120. The van der Waals surface area contributed by atoms with Crippen LogP contribution in [0.4, 0.5) is 0 Å². The number of carbonyl (C=O) groups excluding carboxylic acids is 1. The van der Waals surface area contributed by atoms with Gasteiger partial charge in [-0.2, -0.15) is 16.9 Å². The molecule has 1 saturated carbocycles. The van der Waals surface area contributed by atoms with Crippen LogP contribution in [-0.2, 0) is 24.4 Å². The van der Waals surface area contributed by atoms with Crippen molar-refractivity contribution in [1.29, 1.82) is 0 Å². The van der Waals surface area contributed by atoms with E-state index in [1.807, 2.05) is 11.8 Å². The van der Waals surface area contributed by atoms with Gasteiger partial charge in [0, 0.05) is 31.3 Å². The molecule has 2 aliphatic rings. The fourth-order valence-corrected chi connectivity index (χ4v) is 4.40. The van der Waals surface area contributed by atoms with Crippen molar-refractivity contribution in [3.05, 3.63) is 17.5 Å². The van der Waals surface area contributed by atoms with Crippen molar-refractivity contribution >= 4 is 17.7 Å². The van der Waals surface area contributed by atoms with Gasteiger partial charge in [-0.25, -0.2) is 0 Å². The number of amides is 1. The maximum atomic E-state index is 11.8. The minimum absolute atomic E-state index is 0.130. The van der Waals surface area contributed by atoms with Gasteiger partial charge in [0.15, 0.2) is 0 Å². The molecular formula is C18H30N4OS. The maximum absolute atomic E-state index is 11.8. The molecule has 134 valence electrons. The van der Waals surface area contributed by atoms with Gasteiger partial charge in [-0.1, -0.05) is 26.2 Å². The molecule has 0 radical (unpaired) electrons. The Morgan fingerprint density at radius 3 is 2.96 bits per heavy atom. The molecule has 1 aromatic heterocycles. The first-order valence-electron chi connectivity index (χ1n) is 9.40. The standard InChI is InChI=1S/C18H30N4OS/c1-2-24-11-8-18(23)19-13-15-12-17-14-21(9-10-22(17)20-15)16-6-4-3-5-7-16/h12,16H,2-11,13-14H2,1H3,(H,19,23). The number of fused-ring (bicyclic) bond motifs is 1. The van der Waals surface area contributed by atoms with E-state index in [1.165, 1.54) is 37.8 Å². The van der Waals surface area contributed by atoms with E-state index in [1.54, 1.807) is 0 Å². The van der Waals surface area contributed by atoms with Gasteiger partial charge in [-0.05, 0) is 24.7 Å².